The molecule has 46 heavy (non-hydrogen) atoms. The van der Waals surface area contributed by atoms with Gasteiger partial charge in [-0.3, -0.25) is 14.2 Å². The molecule has 0 saturated heterocycles. The first-order valence-electron chi connectivity index (χ1n) is 16.5. The molecule has 1 aliphatic carbocycles. The number of hydrogen-bond donors (Lipinski definition) is 4. The lowest BCUT2D eigenvalue weighted by Gasteiger charge is -2.29. The molecule has 1 saturated carbocycles. The molecule has 0 radical (unpaired) electrons. The Morgan fingerprint density at radius 2 is 1.35 bits per heavy atom. The predicted molar refractivity (Wildman–Crippen MR) is 179 cm³/mol. The fourth-order valence-electron chi connectivity index (χ4n) is 5.63. The van der Waals surface area contributed by atoms with Crippen molar-refractivity contribution in [2.75, 3.05) is 18.9 Å². The quantitative estimate of drug-likeness (QED) is 0.162. The Kier molecular flexibility index (Phi) is 15.2. The molecule has 11 heteroatoms. The second-order valence-corrected chi connectivity index (χ2v) is 15.6. The molecular weight excluding hydrogens is 605 g/mol. The van der Waals surface area contributed by atoms with Crippen LogP contribution in [-0.2, 0) is 36.6 Å². The molecule has 0 aliphatic heterocycles. The molecule has 3 amide bonds. The summed E-state index contributed by atoms with van der Waals surface area (Å²) in [6.45, 7) is 7.27. The fraction of sp³-hybridized carbons (Fsp3) is 0.571. The average Bonchev–Trinajstić information content (AvgIpc) is 3.04. The summed E-state index contributed by atoms with van der Waals surface area (Å²) in [6.07, 6.45) is 3.89. The van der Waals surface area contributed by atoms with E-state index in [2.05, 4.69) is 16.0 Å². The van der Waals surface area contributed by atoms with Crippen LogP contribution in [0.3, 0.4) is 0 Å². The summed E-state index contributed by atoms with van der Waals surface area (Å²) in [6, 6.07) is 16.9. The van der Waals surface area contributed by atoms with Crippen LogP contribution in [0.4, 0.5) is 4.79 Å². The van der Waals surface area contributed by atoms with Crippen LogP contribution in [-0.4, -0.2) is 60.1 Å². The largest absolute Gasteiger partial charge is 0.445 e. The van der Waals surface area contributed by atoms with Crippen LogP contribution in [0.15, 0.2) is 60.7 Å². The zero-order chi connectivity index (χ0) is 33.5. The summed E-state index contributed by atoms with van der Waals surface area (Å²) in [7, 11) is -3.22. The van der Waals surface area contributed by atoms with Crippen LogP contribution in [0.5, 0.6) is 0 Å². The van der Waals surface area contributed by atoms with Gasteiger partial charge in [0, 0.05) is 12.7 Å². The molecular formula is C35H52N3O7P. The molecule has 1 fully saturated rings. The number of carbonyl (C=O) groups excluding carboxylic acids is 3. The number of aliphatic hydroxyl groups excluding tert-OH is 1. The van der Waals surface area contributed by atoms with E-state index in [1.165, 1.54) is 6.42 Å². The zero-order valence-electron chi connectivity index (χ0n) is 27.7. The number of ether oxygens (including phenoxy) is 1. The Morgan fingerprint density at radius 1 is 0.804 bits per heavy atom. The molecule has 4 atom stereocenters. The molecule has 10 nitrogen and oxygen atoms in total. The highest BCUT2D eigenvalue weighted by Crippen LogP contribution is 2.51. The molecule has 0 aromatic heterocycles. The van der Waals surface area contributed by atoms with Crippen LogP contribution in [0.1, 0.15) is 70.9 Å². The van der Waals surface area contributed by atoms with Gasteiger partial charge in [-0.2, -0.15) is 0 Å². The molecule has 3 rings (SSSR count). The highest BCUT2D eigenvalue weighted by molar-refractivity contribution is 7.59. The number of benzene rings is 2. The van der Waals surface area contributed by atoms with Gasteiger partial charge in [0.25, 0.3) is 0 Å². The number of alkyl carbamates (subject to hydrolysis) is 1. The normalized spacial score (nSPS) is 17.0. The maximum absolute atomic E-state index is 14.1. The van der Waals surface area contributed by atoms with E-state index in [4.69, 9.17) is 9.26 Å². The highest BCUT2D eigenvalue weighted by atomic mass is 31.2. The van der Waals surface area contributed by atoms with Gasteiger partial charge in [0.2, 0.25) is 19.2 Å². The first-order valence-corrected chi connectivity index (χ1v) is 18.4. The third kappa shape index (κ3) is 12.9. The van der Waals surface area contributed by atoms with Gasteiger partial charge in [-0.05, 0) is 41.7 Å². The maximum Gasteiger partial charge on any atom is 0.408 e. The minimum atomic E-state index is -3.22. The Hall–Kier alpha value is -3.20. The molecule has 2 aromatic carbocycles. The van der Waals surface area contributed by atoms with Gasteiger partial charge in [0.15, 0.2) is 0 Å². The van der Waals surface area contributed by atoms with Crippen molar-refractivity contribution in [2.24, 2.45) is 17.8 Å². The van der Waals surface area contributed by atoms with E-state index in [0.29, 0.717) is 6.16 Å². The second kappa shape index (κ2) is 18.8. The van der Waals surface area contributed by atoms with Gasteiger partial charge in [-0.1, -0.05) is 108 Å². The average molecular weight is 658 g/mol. The summed E-state index contributed by atoms with van der Waals surface area (Å²) in [5, 5.41) is 19.0. The minimum absolute atomic E-state index is 0.0589. The molecule has 0 spiro atoms. The summed E-state index contributed by atoms with van der Waals surface area (Å²) in [5.74, 6) is -1.28. The van der Waals surface area contributed by atoms with Crippen LogP contribution in [0, 0.1) is 17.8 Å². The van der Waals surface area contributed by atoms with E-state index < -0.39 is 43.5 Å². The number of carbonyl (C=O) groups is 3. The van der Waals surface area contributed by atoms with Crippen LogP contribution < -0.4 is 16.0 Å². The van der Waals surface area contributed by atoms with Crippen molar-refractivity contribution in [1.29, 1.82) is 0 Å². The smallest absolute Gasteiger partial charge is 0.408 e. The third-order valence-electron chi connectivity index (χ3n) is 8.25. The lowest BCUT2D eigenvalue weighted by molar-refractivity contribution is -0.131. The Bertz CT molecular complexity index is 1270. The van der Waals surface area contributed by atoms with Gasteiger partial charge in [0.05, 0.1) is 18.9 Å². The first kappa shape index (κ1) is 37.3. The third-order valence-corrected chi connectivity index (χ3v) is 10.9. The summed E-state index contributed by atoms with van der Waals surface area (Å²) in [4.78, 5) is 39.0. The minimum Gasteiger partial charge on any atom is -0.445 e. The van der Waals surface area contributed by atoms with Crippen molar-refractivity contribution in [3.05, 3.63) is 71.8 Å². The van der Waals surface area contributed by atoms with E-state index in [1.54, 1.807) is 27.7 Å². The summed E-state index contributed by atoms with van der Waals surface area (Å²) < 4.78 is 25.4. The van der Waals surface area contributed by atoms with Crippen molar-refractivity contribution < 1.29 is 33.3 Å². The maximum atomic E-state index is 14.1. The predicted octanol–water partition coefficient (Wildman–Crippen LogP) is 5.63. The number of aliphatic hydroxyl groups is 1. The first-order chi connectivity index (χ1) is 22.0. The van der Waals surface area contributed by atoms with Gasteiger partial charge < -0.3 is 30.3 Å². The molecule has 1 unspecified atom stereocenters. The number of nitrogens with one attached hydrogen (secondary N) is 3. The lowest BCUT2D eigenvalue weighted by atomic mass is 9.91. The van der Waals surface area contributed by atoms with Gasteiger partial charge in [0.1, 0.15) is 18.7 Å². The number of amides is 3. The van der Waals surface area contributed by atoms with Crippen LogP contribution in [0.25, 0.3) is 0 Å². The van der Waals surface area contributed by atoms with E-state index in [0.717, 1.165) is 36.8 Å². The van der Waals surface area contributed by atoms with Gasteiger partial charge >= 0.3 is 6.09 Å². The number of hydrogen-bond acceptors (Lipinski definition) is 7. The van der Waals surface area contributed by atoms with E-state index in [1.807, 2.05) is 60.7 Å². The zero-order valence-corrected chi connectivity index (χ0v) is 28.5. The van der Waals surface area contributed by atoms with Gasteiger partial charge in [-0.15, -0.1) is 0 Å². The van der Waals surface area contributed by atoms with Crippen molar-refractivity contribution in [1.82, 2.24) is 16.0 Å². The molecule has 254 valence electrons. The SMILES string of the molecule is CC(C)[C@H](NC(=O)OCc1ccccc1)C(=O)N[C@H](C(=O)NC[C@H](O)CP(=O)(CC1CCCCC1)OCc1ccccc1)C(C)C. The second-order valence-electron chi connectivity index (χ2n) is 13.0. The van der Waals surface area contributed by atoms with Crippen molar-refractivity contribution in [2.45, 2.75) is 91.2 Å². The van der Waals surface area contributed by atoms with E-state index in [9.17, 15) is 24.1 Å². The Labute approximate surface area is 273 Å². The molecule has 0 heterocycles. The van der Waals surface area contributed by atoms with E-state index >= 15 is 0 Å². The highest BCUT2D eigenvalue weighted by Gasteiger charge is 2.33. The van der Waals surface area contributed by atoms with Crippen LogP contribution in [0.2, 0.25) is 0 Å². The summed E-state index contributed by atoms with van der Waals surface area (Å²) >= 11 is 0. The van der Waals surface area contributed by atoms with Crippen molar-refractivity contribution in [3.8, 4) is 0 Å². The molecule has 4 N–H and O–H groups in total. The molecule has 0 bridgehead atoms. The summed E-state index contributed by atoms with van der Waals surface area (Å²) in [5.41, 5.74) is 1.72. The Morgan fingerprint density at radius 3 is 1.91 bits per heavy atom. The van der Waals surface area contributed by atoms with Gasteiger partial charge in [-0.25, -0.2) is 4.79 Å². The molecule has 1 aliphatic rings. The van der Waals surface area contributed by atoms with Crippen molar-refractivity contribution >= 4 is 25.3 Å². The standard InChI is InChI=1S/C35H52N3O7P/c1-25(2)31(37-34(41)32(26(3)4)38-35(42)44-21-27-14-8-5-9-15-27)33(40)36-20-30(39)24-46(43,23-29-18-12-7-13-19-29)45-22-28-16-10-6-11-17-28/h5-6,8-11,14-17,25-26,29-32,39H,7,12-13,18-24H2,1-4H3,(H,36,40)(H,37,41)(H,38,42)/t30-,31-,32-,46?/m0/s1. The van der Waals surface area contributed by atoms with Crippen molar-refractivity contribution in [3.63, 3.8) is 0 Å². The topological polar surface area (TPSA) is 143 Å². The number of rotatable bonds is 17. The fourth-order valence-corrected chi connectivity index (χ4v) is 8.30. The van der Waals surface area contributed by atoms with E-state index in [-0.39, 0.29) is 43.7 Å². The molecule has 2 aromatic rings. The monoisotopic (exact) mass is 657 g/mol. The van der Waals surface area contributed by atoms with Crippen LogP contribution >= 0.6 is 7.37 Å². The lowest BCUT2D eigenvalue weighted by Crippen LogP contribution is -2.57. The Balaban J connectivity index is 1.56.